The number of ether oxygens (including phenoxy) is 8. The van der Waals surface area contributed by atoms with E-state index in [0.29, 0.717) is 6.61 Å². The van der Waals surface area contributed by atoms with Crippen molar-refractivity contribution >= 4 is 8.07 Å². The van der Waals surface area contributed by atoms with Gasteiger partial charge < -0.3 is 37.9 Å². The molecule has 9 heteroatoms. The Morgan fingerprint density at radius 3 is 2.16 bits per heavy atom. The number of hydrogen-bond acceptors (Lipinski definition) is 8. The molecule has 4 heterocycles. The van der Waals surface area contributed by atoms with Crippen LogP contribution in [-0.4, -0.2) is 89.0 Å². The normalized spacial score (nSPS) is 41.3. The average Bonchev–Trinajstić information content (AvgIpc) is 3.36. The van der Waals surface area contributed by atoms with Gasteiger partial charge in [-0.05, 0) is 33.7 Å². The third-order valence-corrected chi connectivity index (χ3v) is 7.81. The summed E-state index contributed by atoms with van der Waals surface area (Å²) in [7, 11) is -1.11. The average molecular weight is 461 g/mol. The minimum atomic E-state index is -1.11. The summed E-state index contributed by atoms with van der Waals surface area (Å²) in [5, 5.41) is 0. The molecule has 4 fully saturated rings. The van der Waals surface area contributed by atoms with Gasteiger partial charge in [-0.1, -0.05) is 19.6 Å². The van der Waals surface area contributed by atoms with Gasteiger partial charge in [-0.25, -0.2) is 0 Å². The summed E-state index contributed by atoms with van der Waals surface area (Å²) in [5.74, 6) is -1.38. The Labute approximate surface area is 187 Å². The molecule has 0 N–H and O–H groups in total. The van der Waals surface area contributed by atoms with E-state index >= 15 is 0 Å². The molecule has 0 amide bonds. The first kappa shape index (κ1) is 24.0. The first-order valence-electron chi connectivity index (χ1n) is 11.6. The molecule has 4 rings (SSSR count). The molecule has 0 aromatic heterocycles. The fourth-order valence-corrected chi connectivity index (χ4v) is 5.35. The van der Waals surface area contributed by atoms with E-state index in [1.807, 2.05) is 27.7 Å². The van der Waals surface area contributed by atoms with Crippen molar-refractivity contribution in [2.75, 3.05) is 26.6 Å². The highest BCUT2D eigenvalue weighted by Gasteiger charge is 2.58. The van der Waals surface area contributed by atoms with Crippen molar-refractivity contribution < 1.29 is 37.9 Å². The van der Waals surface area contributed by atoms with E-state index in [1.165, 1.54) is 0 Å². The maximum Gasteiger partial charge on any atom is 0.164 e. The first-order valence-corrected chi connectivity index (χ1v) is 15.3. The zero-order valence-electron chi connectivity index (χ0n) is 20.1. The SMILES string of the molecule is CC1(C)O[C@H]([C@@H]2O[C@@H]([C@@H]3CO3)C[C@H]3OC(C)(C)O[C@@H]23)[C@@H](COCOCC[Si](C)(C)C)O1. The monoisotopic (exact) mass is 460 g/mol. The van der Waals surface area contributed by atoms with Crippen LogP contribution in [0.2, 0.25) is 25.7 Å². The molecule has 4 aliphatic heterocycles. The van der Waals surface area contributed by atoms with Crippen LogP contribution in [0.15, 0.2) is 0 Å². The van der Waals surface area contributed by atoms with Crippen molar-refractivity contribution in [1.82, 2.24) is 0 Å². The Hall–Kier alpha value is -0.103. The Balaban J connectivity index is 1.37. The smallest absolute Gasteiger partial charge is 0.164 e. The van der Waals surface area contributed by atoms with Crippen LogP contribution in [0.1, 0.15) is 34.1 Å². The predicted octanol–water partition coefficient (Wildman–Crippen LogP) is 2.91. The molecule has 0 aliphatic carbocycles. The molecule has 0 radical (unpaired) electrons. The van der Waals surface area contributed by atoms with Gasteiger partial charge in [0.15, 0.2) is 11.6 Å². The number of fused-ring (bicyclic) bond motifs is 1. The number of epoxide rings is 1. The van der Waals surface area contributed by atoms with E-state index in [-0.39, 0.29) is 49.5 Å². The van der Waals surface area contributed by atoms with E-state index in [1.54, 1.807) is 0 Å². The van der Waals surface area contributed by atoms with Gasteiger partial charge in [0.1, 0.15) is 37.3 Å². The lowest BCUT2D eigenvalue weighted by atomic mass is 9.91. The fourth-order valence-electron chi connectivity index (χ4n) is 4.59. The van der Waals surface area contributed by atoms with Gasteiger partial charge in [0.05, 0.1) is 25.4 Å². The summed E-state index contributed by atoms with van der Waals surface area (Å²) >= 11 is 0. The van der Waals surface area contributed by atoms with Gasteiger partial charge in [-0.15, -0.1) is 0 Å². The number of rotatable bonds is 9. The molecular weight excluding hydrogens is 420 g/mol. The number of hydrogen-bond donors (Lipinski definition) is 0. The van der Waals surface area contributed by atoms with Crippen LogP contribution in [0.25, 0.3) is 0 Å². The molecular formula is C22H40O8Si. The van der Waals surface area contributed by atoms with Crippen LogP contribution in [-0.2, 0) is 37.9 Å². The van der Waals surface area contributed by atoms with Gasteiger partial charge in [0, 0.05) is 21.1 Å². The van der Waals surface area contributed by atoms with Crippen LogP contribution >= 0.6 is 0 Å². The lowest BCUT2D eigenvalue weighted by Gasteiger charge is -2.39. The lowest BCUT2D eigenvalue weighted by molar-refractivity contribution is -0.206. The summed E-state index contributed by atoms with van der Waals surface area (Å²) in [4.78, 5) is 0. The minimum absolute atomic E-state index is 0.0254. The molecule has 4 aliphatic rings. The molecule has 0 aromatic carbocycles. The first-order chi connectivity index (χ1) is 14.4. The molecule has 180 valence electrons. The third-order valence-electron chi connectivity index (χ3n) is 6.11. The quantitative estimate of drug-likeness (QED) is 0.225. The van der Waals surface area contributed by atoms with Gasteiger partial charge >= 0.3 is 0 Å². The van der Waals surface area contributed by atoms with E-state index in [4.69, 9.17) is 37.9 Å². The van der Waals surface area contributed by atoms with Crippen molar-refractivity contribution in [3.8, 4) is 0 Å². The lowest BCUT2D eigenvalue weighted by Crippen LogP contribution is -2.56. The van der Waals surface area contributed by atoms with E-state index in [9.17, 15) is 0 Å². The van der Waals surface area contributed by atoms with E-state index in [0.717, 1.165) is 25.7 Å². The van der Waals surface area contributed by atoms with Crippen LogP contribution in [0.5, 0.6) is 0 Å². The third kappa shape index (κ3) is 6.27. The highest BCUT2D eigenvalue weighted by atomic mass is 28.3. The van der Waals surface area contributed by atoms with Gasteiger partial charge in [-0.3, -0.25) is 0 Å². The van der Waals surface area contributed by atoms with E-state index < -0.39 is 19.6 Å². The standard InChI is InChI=1S/C22H40O8Si/c1-21(2)27-15-10-14(16-12-25-16)26-20(18(15)29-21)19-17(28-22(3,4)30-19)11-24-13-23-8-9-31(5,6)7/h14-20H,8-13H2,1-7H3/t14-,15-,16+,17-,18-,19+,20-/m1/s1. The Kier molecular flexibility index (Phi) is 6.92. The van der Waals surface area contributed by atoms with Crippen molar-refractivity contribution in [1.29, 1.82) is 0 Å². The molecule has 31 heavy (non-hydrogen) atoms. The van der Waals surface area contributed by atoms with Crippen molar-refractivity contribution in [2.45, 2.75) is 114 Å². The van der Waals surface area contributed by atoms with Gasteiger partial charge in [0.2, 0.25) is 0 Å². The molecule has 0 unspecified atom stereocenters. The molecule has 4 saturated heterocycles. The maximum atomic E-state index is 6.49. The summed E-state index contributed by atoms with van der Waals surface area (Å²) in [6, 6.07) is 1.12. The minimum Gasteiger partial charge on any atom is -0.370 e. The van der Waals surface area contributed by atoms with Crippen LogP contribution in [0.3, 0.4) is 0 Å². The second-order valence-corrected chi connectivity index (χ2v) is 16.9. The van der Waals surface area contributed by atoms with Crippen molar-refractivity contribution in [2.24, 2.45) is 0 Å². The predicted molar refractivity (Wildman–Crippen MR) is 116 cm³/mol. The summed E-state index contributed by atoms with van der Waals surface area (Å²) in [6.45, 7) is 16.8. The molecule has 0 aromatic rings. The van der Waals surface area contributed by atoms with Crippen LogP contribution in [0, 0.1) is 0 Å². The fraction of sp³-hybridized carbons (Fsp3) is 1.00. The zero-order chi connectivity index (χ0) is 22.4. The van der Waals surface area contributed by atoms with Gasteiger partial charge in [0.25, 0.3) is 0 Å². The van der Waals surface area contributed by atoms with Crippen molar-refractivity contribution in [3.05, 3.63) is 0 Å². The Bertz CT molecular complexity index is 617. The topological polar surface area (TPSA) is 77.1 Å². The highest BCUT2D eigenvalue weighted by Crippen LogP contribution is 2.44. The van der Waals surface area contributed by atoms with Gasteiger partial charge in [-0.2, -0.15) is 0 Å². The second kappa shape index (κ2) is 8.92. The Morgan fingerprint density at radius 1 is 0.806 bits per heavy atom. The maximum absolute atomic E-state index is 6.49. The molecule has 7 atom stereocenters. The van der Waals surface area contributed by atoms with E-state index in [2.05, 4.69) is 19.6 Å². The molecule has 0 bridgehead atoms. The summed E-state index contributed by atoms with van der Waals surface area (Å²) in [6.07, 6.45) is -0.347. The van der Waals surface area contributed by atoms with Crippen LogP contribution in [0.4, 0.5) is 0 Å². The Morgan fingerprint density at radius 2 is 1.48 bits per heavy atom. The zero-order valence-corrected chi connectivity index (χ0v) is 21.1. The molecule has 0 saturated carbocycles. The molecule has 8 nitrogen and oxygen atoms in total. The highest BCUT2D eigenvalue weighted by molar-refractivity contribution is 6.76. The van der Waals surface area contributed by atoms with Crippen LogP contribution < -0.4 is 0 Å². The second-order valence-electron chi connectivity index (χ2n) is 11.2. The largest absolute Gasteiger partial charge is 0.370 e. The summed E-state index contributed by atoms with van der Waals surface area (Å²) < 4.78 is 48.4. The van der Waals surface area contributed by atoms with Crippen molar-refractivity contribution in [3.63, 3.8) is 0 Å². The molecule has 0 spiro atoms. The summed E-state index contributed by atoms with van der Waals surface area (Å²) in [5.41, 5.74) is 0.